The van der Waals surface area contributed by atoms with Crippen LogP contribution in [0.1, 0.15) is 6.92 Å². The molecule has 0 spiro atoms. The second kappa shape index (κ2) is 4.18. The standard InChI is InChI=1S/C8H11ClO/c1-6(8(3)9)5-7(2)10-4/h5H,2-3H2,1,4H3/b6-5-. The molecule has 0 aromatic carbocycles. The van der Waals surface area contributed by atoms with Crippen LogP contribution in [0.4, 0.5) is 0 Å². The molecule has 0 fully saturated rings. The van der Waals surface area contributed by atoms with Crippen LogP contribution in [0.5, 0.6) is 0 Å². The van der Waals surface area contributed by atoms with E-state index in [1.807, 2.05) is 6.92 Å². The molecule has 10 heavy (non-hydrogen) atoms. The Morgan fingerprint density at radius 2 is 2.00 bits per heavy atom. The fourth-order valence-corrected chi connectivity index (χ4v) is 0.433. The predicted octanol–water partition coefficient (Wildman–Crippen LogP) is 2.85. The Bertz CT molecular complexity index is 180. The highest BCUT2D eigenvalue weighted by atomic mass is 35.5. The largest absolute Gasteiger partial charge is 0.497 e. The monoisotopic (exact) mass is 158 g/mol. The summed E-state index contributed by atoms with van der Waals surface area (Å²) in [5, 5.41) is 0.512. The lowest BCUT2D eigenvalue weighted by molar-refractivity contribution is 0.308. The van der Waals surface area contributed by atoms with Gasteiger partial charge in [0.2, 0.25) is 0 Å². The molecule has 1 nitrogen and oxygen atoms in total. The van der Waals surface area contributed by atoms with Gasteiger partial charge in [0.25, 0.3) is 0 Å². The van der Waals surface area contributed by atoms with E-state index in [1.165, 1.54) is 0 Å². The maximum absolute atomic E-state index is 5.57. The molecule has 0 amide bonds. The van der Waals surface area contributed by atoms with E-state index in [9.17, 15) is 0 Å². The first-order chi connectivity index (χ1) is 4.57. The molecular formula is C8H11ClO. The zero-order valence-corrected chi connectivity index (χ0v) is 7.03. The smallest absolute Gasteiger partial charge is 0.112 e. The number of ether oxygens (including phenoxy) is 1. The van der Waals surface area contributed by atoms with Gasteiger partial charge in [0, 0.05) is 5.03 Å². The van der Waals surface area contributed by atoms with Crippen LogP contribution in [0.25, 0.3) is 0 Å². The van der Waals surface area contributed by atoms with Crippen molar-refractivity contribution in [3.63, 3.8) is 0 Å². The molecule has 0 unspecified atom stereocenters. The molecule has 2 heteroatoms. The molecule has 0 heterocycles. The van der Waals surface area contributed by atoms with Gasteiger partial charge < -0.3 is 4.74 Å². The van der Waals surface area contributed by atoms with Crippen LogP contribution in [-0.2, 0) is 4.74 Å². The Morgan fingerprint density at radius 3 is 2.30 bits per heavy atom. The average Bonchev–Trinajstić information content (AvgIpc) is 1.87. The van der Waals surface area contributed by atoms with Crippen LogP contribution < -0.4 is 0 Å². The van der Waals surface area contributed by atoms with Gasteiger partial charge in [-0.05, 0) is 18.6 Å². The molecule has 0 aliphatic rings. The molecule has 0 rings (SSSR count). The van der Waals surface area contributed by atoms with Crippen LogP contribution >= 0.6 is 11.6 Å². The first-order valence-corrected chi connectivity index (χ1v) is 3.21. The van der Waals surface area contributed by atoms with Crippen molar-refractivity contribution in [1.29, 1.82) is 0 Å². The van der Waals surface area contributed by atoms with Crippen LogP contribution in [0.15, 0.2) is 35.6 Å². The van der Waals surface area contributed by atoms with Crippen molar-refractivity contribution in [3.05, 3.63) is 35.6 Å². The van der Waals surface area contributed by atoms with Gasteiger partial charge in [-0.2, -0.15) is 0 Å². The first kappa shape index (κ1) is 9.31. The van der Waals surface area contributed by atoms with Gasteiger partial charge in [-0.25, -0.2) is 0 Å². The van der Waals surface area contributed by atoms with Gasteiger partial charge in [-0.3, -0.25) is 0 Å². The van der Waals surface area contributed by atoms with Crippen LogP contribution in [0.3, 0.4) is 0 Å². The van der Waals surface area contributed by atoms with E-state index in [0.717, 1.165) is 5.57 Å². The summed E-state index contributed by atoms with van der Waals surface area (Å²) < 4.78 is 4.80. The minimum absolute atomic E-state index is 0.512. The Hall–Kier alpha value is -0.690. The van der Waals surface area contributed by atoms with E-state index in [2.05, 4.69) is 13.2 Å². The van der Waals surface area contributed by atoms with Crippen molar-refractivity contribution < 1.29 is 4.74 Å². The Morgan fingerprint density at radius 1 is 1.50 bits per heavy atom. The molecule has 0 atom stereocenters. The van der Waals surface area contributed by atoms with Gasteiger partial charge in [-0.15, -0.1) is 0 Å². The predicted molar refractivity (Wildman–Crippen MR) is 44.9 cm³/mol. The second-order valence-corrected chi connectivity index (χ2v) is 2.36. The summed E-state index contributed by atoms with van der Waals surface area (Å²) in [6, 6.07) is 0. The third kappa shape index (κ3) is 3.36. The highest BCUT2D eigenvalue weighted by molar-refractivity contribution is 6.31. The van der Waals surface area contributed by atoms with Gasteiger partial charge in [0.15, 0.2) is 0 Å². The lowest BCUT2D eigenvalue weighted by Crippen LogP contribution is -1.81. The zero-order valence-electron chi connectivity index (χ0n) is 6.28. The third-order valence-electron chi connectivity index (χ3n) is 1.07. The maximum atomic E-state index is 5.57. The van der Waals surface area contributed by atoms with Crippen molar-refractivity contribution in [3.8, 4) is 0 Å². The normalized spacial score (nSPS) is 10.9. The van der Waals surface area contributed by atoms with E-state index >= 15 is 0 Å². The molecule has 0 saturated carbocycles. The summed E-state index contributed by atoms with van der Waals surface area (Å²) in [7, 11) is 1.56. The molecule has 0 aliphatic heterocycles. The SMILES string of the molecule is C=C(/C=C(/C)C(=C)Cl)OC. The number of allylic oxidation sites excluding steroid dienone is 3. The zero-order chi connectivity index (χ0) is 8.15. The first-order valence-electron chi connectivity index (χ1n) is 2.84. The molecular weight excluding hydrogens is 148 g/mol. The maximum Gasteiger partial charge on any atom is 0.112 e. The summed E-state index contributed by atoms with van der Waals surface area (Å²) in [6.45, 7) is 8.99. The average molecular weight is 159 g/mol. The molecule has 56 valence electrons. The molecule has 0 radical (unpaired) electrons. The van der Waals surface area contributed by atoms with E-state index < -0.39 is 0 Å². The van der Waals surface area contributed by atoms with Crippen LogP contribution in [0.2, 0.25) is 0 Å². The van der Waals surface area contributed by atoms with Gasteiger partial charge in [0.1, 0.15) is 5.76 Å². The van der Waals surface area contributed by atoms with Gasteiger partial charge in [-0.1, -0.05) is 24.8 Å². The Kier molecular flexibility index (Phi) is 3.89. The van der Waals surface area contributed by atoms with Crippen molar-refractivity contribution in [2.24, 2.45) is 0 Å². The van der Waals surface area contributed by atoms with E-state index in [1.54, 1.807) is 13.2 Å². The lowest BCUT2D eigenvalue weighted by atomic mass is 10.2. The second-order valence-electron chi connectivity index (χ2n) is 1.90. The minimum atomic E-state index is 0.512. The van der Waals surface area contributed by atoms with Crippen molar-refractivity contribution in [2.45, 2.75) is 6.92 Å². The summed E-state index contributed by atoms with van der Waals surface area (Å²) in [4.78, 5) is 0. The van der Waals surface area contributed by atoms with Gasteiger partial charge >= 0.3 is 0 Å². The molecule has 0 N–H and O–H groups in total. The summed E-state index contributed by atoms with van der Waals surface area (Å²) in [5.41, 5.74) is 0.869. The van der Waals surface area contributed by atoms with E-state index in [4.69, 9.17) is 16.3 Å². The third-order valence-corrected chi connectivity index (χ3v) is 1.37. The van der Waals surface area contributed by atoms with Crippen molar-refractivity contribution >= 4 is 11.6 Å². The number of halogens is 1. The van der Waals surface area contributed by atoms with Crippen LogP contribution in [-0.4, -0.2) is 7.11 Å². The quantitative estimate of drug-likeness (QED) is 0.454. The molecule has 0 aromatic rings. The summed E-state index contributed by atoms with van der Waals surface area (Å²) in [5.74, 6) is 0.583. The van der Waals surface area contributed by atoms with Crippen molar-refractivity contribution in [1.82, 2.24) is 0 Å². The Labute approximate surface area is 66.6 Å². The number of hydrogen-bond acceptors (Lipinski definition) is 1. The number of hydrogen-bond donors (Lipinski definition) is 0. The van der Waals surface area contributed by atoms with Gasteiger partial charge in [0.05, 0.1) is 7.11 Å². The topological polar surface area (TPSA) is 9.23 Å². The van der Waals surface area contributed by atoms with E-state index in [-0.39, 0.29) is 0 Å². The Balaban J connectivity index is 4.16. The number of rotatable bonds is 3. The highest BCUT2D eigenvalue weighted by Gasteiger charge is 1.92. The van der Waals surface area contributed by atoms with E-state index in [0.29, 0.717) is 10.8 Å². The number of methoxy groups -OCH3 is 1. The lowest BCUT2D eigenvalue weighted by Gasteiger charge is -1.99. The molecule has 0 saturated heterocycles. The highest BCUT2D eigenvalue weighted by Crippen LogP contribution is 2.12. The van der Waals surface area contributed by atoms with Crippen molar-refractivity contribution in [2.75, 3.05) is 7.11 Å². The summed E-state index contributed by atoms with van der Waals surface area (Å²) >= 11 is 5.57. The molecule has 0 aromatic heterocycles. The fourth-order valence-electron chi connectivity index (χ4n) is 0.379. The minimum Gasteiger partial charge on any atom is -0.497 e. The van der Waals surface area contributed by atoms with Crippen LogP contribution in [0, 0.1) is 0 Å². The molecule has 0 aliphatic carbocycles. The molecule has 0 bridgehead atoms. The summed E-state index contributed by atoms with van der Waals surface area (Å²) in [6.07, 6.45) is 1.73. The fraction of sp³-hybridized carbons (Fsp3) is 0.250.